The standard InChI is InChI=1S/C18H22/c1-2-18(13-6-3-7-14-18)17-12-8-10-15-9-4-5-11-16(15)17/h3-7,9,11,13,17H,2,8,10,12,14H2,1H3. The second kappa shape index (κ2) is 4.76. The summed E-state index contributed by atoms with van der Waals surface area (Å²) in [4.78, 5) is 0. The second-order valence-electron chi connectivity index (χ2n) is 5.72. The molecule has 2 aliphatic carbocycles. The highest BCUT2D eigenvalue weighted by Gasteiger charge is 2.37. The molecule has 0 nitrogen and oxygen atoms in total. The van der Waals surface area contributed by atoms with E-state index in [9.17, 15) is 0 Å². The number of hydrogen-bond acceptors (Lipinski definition) is 0. The van der Waals surface area contributed by atoms with Crippen LogP contribution in [-0.4, -0.2) is 0 Å². The van der Waals surface area contributed by atoms with Crippen molar-refractivity contribution in [2.45, 2.75) is 44.9 Å². The van der Waals surface area contributed by atoms with Crippen molar-refractivity contribution in [2.24, 2.45) is 5.41 Å². The van der Waals surface area contributed by atoms with Crippen LogP contribution in [0.3, 0.4) is 0 Å². The predicted molar refractivity (Wildman–Crippen MR) is 77.7 cm³/mol. The maximum atomic E-state index is 2.47. The molecule has 0 heteroatoms. The molecule has 1 aromatic rings. The lowest BCUT2D eigenvalue weighted by Crippen LogP contribution is -2.29. The van der Waals surface area contributed by atoms with Crippen molar-refractivity contribution in [2.75, 3.05) is 0 Å². The van der Waals surface area contributed by atoms with Gasteiger partial charge in [0.25, 0.3) is 0 Å². The Morgan fingerprint density at radius 2 is 2.11 bits per heavy atom. The molecular formula is C18H22. The van der Waals surface area contributed by atoms with Gasteiger partial charge in [0.15, 0.2) is 0 Å². The van der Waals surface area contributed by atoms with E-state index >= 15 is 0 Å². The summed E-state index contributed by atoms with van der Waals surface area (Å²) in [5.74, 6) is 0.716. The summed E-state index contributed by atoms with van der Waals surface area (Å²) in [6, 6.07) is 9.09. The van der Waals surface area contributed by atoms with Crippen LogP contribution in [0.1, 0.15) is 49.7 Å². The summed E-state index contributed by atoms with van der Waals surface area (Å²) in [6.07, 6.45) is 15.7. The summed E-state index contributed by atoms with van der Waals surface area (Å²) in [6.45, 7) is 2.35. The highest BCUT2D eigenvalue weighted by molar-refractivity contribution is 5.36. The van der Waals surface area contributed by atoms with Gasteiger partial charge < -0.3 is 0 Å². The highest BCUT2D eigenvalue weighted by atomic mass is 14.4. The van der Waals surface area contributed by atoms with E-state index in [1.54, 1.807) is 11.1 Å². The zero-order chi connectivity index (χ0) is 12.4. The maximum Gasteiger partial charge on any atom is -0.00145 e. The minimum Gasteiger partial charge on any atom is -0.0837 e. The third-order valence-electron chi connectivity index (χ3n) is 4.89. The van der Waals surface area contributed by atoms with Crippen molar-refractivity contribution < 1.29 is 0 Å². The van der Waals surface area contributed by atoms with E-state index in [0.717, 1.165) is 0 Å². The van der Waals surface area contributed by atoms with Gasteiger partial charge in [0.2, 0.25) is 0 Å². The molecule has 0 N–H and O–H groups in total. The van der Waals surface area contributed by atoms with Crippen LogP contribution in [0, 0.1) is 5.41 Å². The van der Waals surface area contributed by atoms with Gasteiger partial charge in [0.1, 0.15) is 0 Å². The molecule has 0 aliphatic heterocycles. The first-order chi connectivity index (χ1) is 8.86. The molecule has 1 aromatic carbocycles. The van der Waals surface area contributed by atoms with Crippen LogP contribution in [0.5, 0.6) is 0 Å². The zero-order valence-corrected chi connectivity index (χ0v) is 11.2. The highest BCUT2D eigenvalue weighted by Crippen LogP contribution is 2.50. The van der Waals surface area contributed by atoms with E-state index in [4.69, 9.17) is 0 Å². The van der Waals surface area contributed by atoms with Crippen LogP contribution >= 0.6 is 0 Å². The first-order valence-corrected chi connectivity index (χ1v) is 7.28. The van der Waals surface area contributed by atoms with Gasteiger partial charge >= 0.3 is 0 Å². The van der Waals surface area contributed by atoms with Crippen molar-refractivity contribution in [3.05, 3.63) is 59.7 Å². The van der Waals surface area contributed by atoms with Crippen LogP contribution in [-0.2, 0) is 6.42 Å². The number of aryl methyl sites for hydroxylation is 1. The van der Waals surface area contributed by atoms with E-state index in [2.05, 4.69) is 55.5 Å². The SMILES string of the molecule is CCC1(C2CCCc3ccccc32)C=CC=CC1. The van der Waals surface area contributed by atoms with Crippen molar-refractivity contribution in [1.29, 1.82) is 0 Å². The molecule has 0 saturated carbocycles. The lowest BCUT2D eigenvalue weighted by Gasteiger charge is -2.42. The van der Waals surface area contributed by atoms with Gasteiger partial charge in [-0.2, -0.15) is 0 Å². The Kier molecular flexibility index (Phi) is 3.11. The van der Waals surface area contributed by atoms with Gasteiger partial charge in [-0.3, -0.25) is 0 Å². The zero-order valence-electron chi connectivity index (χ0n) is 11.2. The molecule has 0 bridgehead atoms. The minimum atomic E-state index is 0.366. The van der Waals surface area contributed by atoms with Gasteiger partial charge in [-0.05, 0) is 54.6 Å². The first-order valence-electron chi connectivity index (χ1n) is 7.28. The number of hydrogen-bond donors (Lipinski definition) is 0. The van der Waals surface area contributed by atoms with Gasteiger partial charge in [-0.25, -0.2) is 0 Å². The molecule has 2 aliphatic rings. The Morgan fingerprint density at radius 3 is 2.89 bits per heavy atom. The summed E-state index contributed by atoms with van der Waals surface area (Å²) >= 11 is 0. The van der Waals surface area contributed by atoms with Crippen molar-refractivity contribution in [3.63, 3.8) is 0 Å². The molecular weight excluding hydrogens is 216 g/mol. The van der Waals surface area contributed by atoms with Crippen molar-refractivity contribution in [1.82, 2.24) is 0 Å². The molecule has 0 spiro atoms. The third kappa shape index (κ3) is 1.84. The lowest BCUT2D eigenvalue weighted by atomic mass is 9.62. The van der Waals surface area contributed by atoms with Crippen LogP contribution in [0.2, 0.25) is 0 Å². The predicted octanol–water partition coefficient (Wildman–Crippen LogP) is 5.02. The second-order valence-corrected chi connectivity index (χ2v) is 5.72. The van der Waals surface area contributed by atoms with E-state index in [1.165, 1.54) is 32.1 Å². The van der Waals surface area contributed by atoms with E-state index in [0.29, 0.717) is 11.3 Å². The molecule has 18 heavy (non-hydrogen) atoms. The molecule has 2 unspecified atom stereocenters. The van der Waals surface area contributed by atoms with Gasteiger partial charge in [-0.1, -0.05) is 55.5 Å². The molecule has 0 fully saturated rings. The monoisotopic (exact) mass is 238 g/mol. The molecule has 0 amide bonds. The summed E-state index contributed by atoms with van der Waals surface area (Å²) < 4.78 is 0. The summed E-state index contributed by atoms with van der Waals surface area (Å²) in [5.41, 5.74) is 3.57. The Morgan fingerprint density at radius 1 is 1.22 bits per heavy atom. The Balaban J connectivity index is 2.02. The fourth-order valence-corrected chi connectivity index (χ4v) is 3.80. The number of allylic oxidation sites excluding steroid dienone is 4. The molecule has 0 heterocycles. The largest absolute Gasteiger partial charge is 0.0837 e. The van der Waals surface area contributed by atoms with Crippen LogP contribution in [0.25, 0.3) is 0 Å². The van der Waals surface area contributed by atoms with Crippen molar-refractivity contribution in [3.8, 4) is 0 Å². The van der Waals surface area contributed by atoms with Crippen LogP contribution < -0.4 is 0 Å². The fraction of sp³-hybridized carbons (Fsp3) is 0.444. The number of fused-ring (bicyclic) bond motifs is 1. The van der Waals surface area contributed by atoms with Gasteiger partial charge in [0.05, 0.1) is 0 Å². The third-order valence-corrected chi connectivity index (χ3v) is 4.89. The van der Waals surface area contributed by atoms with E-state index in [-0.39, 0.29) is 0 Å². The molecule has 94 valence electrons. The minimum absolute atomic E-state index is 0.366. The number of benzene rings is 1. The molecule has 0 saturated heterocycles. The number of rotatable bonds is 2. The first kappa shape index (κ1) is 11.8. The van der Waals surface area contributed by atoms with Gasteiger partial charge in [0, 0.05) is 0 Å². The summed E-state index contributed by atoms with van der Waals surface area (Å²) in [5, 5.41) is 0. The van der Waals surface area contributed by atoms with Crippen molar-refractivity contribution >= 4 is 0 Å². The maximum absolute atomic E-state index is 2.47. The Labute approximate surface area is 110 Å². The molecule has 2 atom stereocenters. The Hall–Kier alpha value is -1.30. The summed E-state index contributed by atoms with van der Waals surface area (Å²) in [7, 11) is 0. The van der Waals surface area contributed by atoms with E-state index in [1.807, 2.05) is 0 Å². The topological polar surface area (TPSA) is 0 Å². The molecule has 3 rings (SSSR count). The van der Waals surface area contributed by atoms with Crippen LogP contribution in [0.15, 0.2) is 48.6 Å². The fourth-order valence-electron chi connectivity index (χ4n) is 3.80. The quantitative estimate of drug-likeness (QED) is 0.678. The molecule has 0 radical (unpaired) electrons. The average Bonchev–Trinajstić information content (AvgIpc) is 2.47. The van der Waals surface area contributed by atoms with E-state index < -0.39 is 0 Å². The van der Waals surface area contributed by atoms with Crippen LogP contribution in [0.4, 0.5) is 0 Å². The normalized spacial score (nSPS) is 30.2. The van der Waals surface area contributed by atoms with Gasteiger partial charge in [-0.15, -0.1) is 0 Å². The average molecular weight is 238 g/mol. The Bertz CT molecular complexity index is 481. The molecule has 0 aromatic heterocycles. The lowest BCUT2D eigenvalue weighted by molar-refractivity contribution is 0.263. The smallest absolute Gasteiger partial charge is 0.00145 e.